The third-order valence-electron chi connectivity index (χ3n) is 6.00. The molecule has 0 radical (unpaired) electrons. The van der Waals surface area contributed by atoms with E-state index in [0.717, 1.165) is 12.8 Å². The van der Waals surface area contributed by atoms with E-state index in [0.29, 0.717) is 24.7 Å². The monoisotopic (exact) mass is 610 g/mol. The van der Waals surface area contributed by atoms with Crippen molar-refractivity contribution in [3.63, 3.8) is 0 Å². The van der Waals surface area contributed by atoms with Crippen LogP contribution in [-0.2, 0) is 38.5 Å². The van der Waals surface area contributed by atoms with Gasteiger partial charge in [0, 0.05) is 0 Å². The smallest absolute Gasteiger partial charge is 0.488 e. The number of esters is 2. The number of unbranched alkanes of at least 4 members (excludes halogenated alkanes) is 18. The van der Waals surface area contributed by atoms with Crippen LogP contribution in [0.2, 0.25) is 0 Å². The van der Waals surface area contributed by atoms with E-state index in [9.17, 15) is 9.59 Å². The van der Waals surface area contributed by atoms with Gasteiger partial charge in [-0.05, 0) is 12.8 Å². The van der Waals surface area contributed by atoms with Crippen molar-refractivity contribution in [3.8, 4) is 0 Å². The Morgan fingerprint density at radius 2 is 0.730 bits per heavy atom. The normalized spacial score (nSPS) is 10.1. The summed E-state index contributed by atoms with van der Waals surface area (Å²) in [5.74, 6) is 0.440. The molecule has 0 unspecified atom stereocenters. The molecule has 0 fully saturated rings. The van der Waals surface area contributed by atoms with E-state index in [1.165, 1.54) is 128 Å². The molecule has 0 aliphatic rings. The molecule has 4 nitrogen and oxygen atoms in total. The second kappa shape index (κ2) is 38.2. The molecule has 0 rings (SSSR count). The van der Waals surface area contributed by atoms with Crippen molar-refractivity contribution in [1.29, 1.82) is 0 Å². The largest absolute Gasteiger partial charge is 2.00 e. The van der Waals surface area contributed by atoms with Gasteiger partial charge in [-0.25, -0.2) is 25.3 Å². The van der Waals surface area contributed by atoms with Gasteiger partial charge in [-0.15, -0.1) is 11.5 Å². The second-order valence-corrected chi connectivity index (χ2v) is 10.2. The Labute approximate surface area is 254 Å². The predicted octanol–water partition coefficient (Wildman–Crippen LogP) is 9.17. The average molecular weight is 612 g/mol. The molecule has 0 spiro atoms. The number of hydrogen-bond donors (Lipinski definition) is 2. The Balaban J connectivity index is -0.000000608. The van der Waals surface area contributed by atoms with Gasteiger partial charge in [0.2, 0.25) is 0 Å². The van der Waals surface area contributed by atoms with Crippen molar-refractivity contribution < 1.29 is 38.5 Å². The zero-order valence-corrected chi connectivity index (χ0v) is 29.1. The molecule has 37 heavy (non-hydrogen) atoms. The number of hydrogen-bond acceptors (Lipinski definition) is 6. The first-order valence-corrected chi connectivity index (χ1v) is 16.1. The molecule has 0 aliphatic heterocycles. The minimum absolute atomic E-state index is 0. The average Bonchev–Trinajstić information content (AvgIpc) is 2.86. The molecule has 7 heteroatoms. The van der Waals surface area contributed by atoms with E-state index < -0.39 is 0 Å². The maximum absolute atomic E-state index is 11.0. The maximum atomic E-state index is 11.0. The number of carbonyl (C=O) groups excluding carboxylic acids is 2. The van der Waals surface area contributed by atoms with Crippen molar-refractivity contribution in [2.24, 2.45) is 0 Å². The number of thiol groups is 2. The molecule has 0 N–H and O–H groups in total. The Morgan fingerprint density at radius 1 is 0.486 bits per heavy atom. The van der Waals surface area contributed by atoms with Gasteiger partial charge in [-0.2, -0.15) is 0 Å². The van der Waals surface area contributed by atoms with Gasteiger partial charge < -0.3 is 9.47 Å². The molecule has 0 heterocycles. The third-order valence-corrected chi connectivity index (χ3v) is 6.37. The van der Waals surface area contributed by atoms with Gasteiger partial charge in [0.15, 0.2) is 11.9 Å². The summed E-state index contributed by atoms with van der Waals surface area (Å²) in [7, 11) is 0. The van der Waals surface area contributed by atoms with Crippen LogP contribution in [0.15, 0.2) is 0 Å². The van der Waals surface area contributed by atoms with Crippen LogP contribution in [-0.4, -0.2) is 36.7 Å². The van der Waals surface area contributed by atoms with E-state index >= 15 is 0 Å². The summed E-state index contributed by atoms with van der Waals surface area (Å²) in [5.41, 5.74) is 0. The van der Waals surface area contributed by atoms with E-state index in [-0.39, 0.29) is 31.4 Å². The van der Waals surface area contributed by atoms with Crippen molar-refractivity contribution in [3.05, 3.63) is 12.8 Å². The minimum Gasteiger partial charge on any atom is -0.488 e. The number of rotatable bonds is 26. The van der Waals surface area contributed by atoms with Gasteiger partial charge in [-0.1, -0.05) is 129 Å². The fraction of sp³-hybridized carbons (Fsp3) is 0.867. The maximum Gasteiger partial charge on any atom is 2.00 e. The van der Waals surface area contributed by atoms with Gasteiger partial charge in [0.05, 0.1) is 13.2 Å². The molecule has 0 aliphatic carbocycles. The molecular formula is C30H58O4S2Zn. The van der Waals surface area contributed by atoms with Crippen LogP contribution in [0.3, 0.4) is 0 Å². The number of ether oxygens (including phenoxy) is 2. The van der Waals surface area contributed by atoms with Crippen molar-refractivity contribution in [1.82, 2.24) is 0 Å². The van der Waals surface area contributed by atoms with Gasteiger partial charge >= 0.3 is 19.5 Å². The van der Waals surface area contributed by atoms with E-state index in [2.05, 4.69) is 39.1 Å². The molecule has 0 amide bonds. The molecular weight excluding hydrogens is 554 g/mol. The van der Waals surface area contributed by atoms with Crippen LogP contribution in [0.4, 0.5) is 0 Å². The fourth-order valence-electron chi connectivity index (χ4n) is 3.79. The molecule has 0 bridgehead atoms. The summed E-state index contributed by atoms with van der Waals surface area (Å²) in [6.45, 7) is 5.61. The summed E-state index contributed by atoms with van der Waals surface area (Å²) in [6.07, 6.45) is 28.9. The Hall–Kier alpha value is 0.00338. The van der Waals surface area contributed by atoms with Gasteiger partial charge in [0.25, 0.3) is 0 Å². The Morgan fingerprint density at radius 3 is 0.973 bits per heavy atom. The van der Waals surface area contributed by atoms with Gasteiger partial charge in [-0.3, -0.25) is 22.4 Å². The SMILES string of the molecule is CCCCCCCCCCCCOC(=O)[CH-]CS.CCCCCCCCCCCCOC(=O)[CH-]CS.[Zn+2]. The standard InChI is InChI=1S/2C15H29O2S.Zn/c2*1-2-3-4-5-6-7-8-9-10-11-13-17-15(16)12-14-18;/h2*12,18H,2-11,13-14H2,1H3;/q2*-1;+2. The van der Waals surface area contributed by atoms with Gasteiger partial charge in [0.1, 0.15) is 0 Å². The van der Waals surface area contributed by atoms with Crippen LogP contribution in [0.5, 0.6) is 0 Å². The van der Waals surface area contributed by atoms with E-state index in [4.69, 9.17) is 9.47 Å². The van der Waals surface area contributed by atoms with Crippen molar-refractivity contribution in [2.75, 3.05) is 24.7 Å². The Kier molecular flexibility index (Phi) is 42.8. The van der Waals surface area contributed by atoms with Crippen LogP contribution < -0.4 is 0 Å². The van der Waals surface area contributed by atoms with Crippen LogP contribution in [0, 0.1) is 12.8 Å². The first-order chi connectivity index (χ1) is 17.6. The first kappa shape index (κ1) is 41.5. The predicted molar refractivity (Wildman–Crippen MR) is 162 cm³/mol. The topological polar surface area (TPSA) is 52.6 Å². The van der Waals surface area contributed by atoms with Crippen LogP contribution in [0.1, 0.15) is 142 Å². The zero-order chi connectivity index (χ0) is 27.0. The molecule has 216 valence electrons. The minimum atomic E-state index is -0.235. The van der Waals surface area contributed by atoms with Crippen molar-refractivity contribution in [2.45, 2.75) is 142 Å². The fourth-order valence-corrected chi connectivity index (χ4v) is 4.09. The molecule has 0 saturated heterocycles. The van der Waals surface area contributed by atoms with Crippen molar-refractivity contribution >= 4 is 37.2 Å². The Bertz CT molecular complexity index is 413. The van der Waals surface area contributed by atoms with Crippen LogP contribution >= 0.6 is 25.3 Å². The summed E-state index contributed by atoms with van der Waals surface area (Å²) in [6, 6.07) is 0. The summed E-state index contributed by atoms with van der Waals surface area (Å²) in [5, 5.41) is 0. The molecule has 0 atom stereocenters. The molecule has 0 aromatic heterocycles. The van der Waals surface area contributed by atoms with E-state index in [1.807, 2.05) is 0 Å². The third kappa shape index (κ3) is 40.6. The number of carbonyl (C=O) groups is 2. The molecule has 0 aromatic carbocycles. The summed E-state index contributed by atoms with van der Waals surface area (Å²) >= 11 is 7.87. The molecule has 0 saturated carbocycles. The van der Waals surface area contributed by atoms with E-state index in [1.54, 1.807) is 0 Å². The molecule has 0 aromatic rings. The summed E-state index contributed by atoms with van der Waals surface area (Å²) < 4.78 is 10.0. The second-order valence-electron chi connectivity index (χ2n) is 9.47. The van der Waals surface area contributed by atoms with Crippen LogP contribution in [0.25, 0.3) is 0 Å². The first-order valence-electron chi connectivity index (χ1n) is 14.8. The summed E-state index contributed by atoms with van der Waals surface area (Å²) in [4.78, 5) is 22.0. The zero-order valence-electron chi connectivity index (χ0n) is 24.4. The quantitative estimate of drug-likeness (QED) is 0.0337.